The van der Waals surface area contributed by atoms with Gasteiger partial charge in [0.1, 0.15) is 6.61 Å². The first-order chi connectivity index (χ1) is 9.27. The van der Waals surface area contributed by atoms with Crippen LogP contribution in [0.15, 0.2) is 23.4 Å². The zero-order valence-electron chi connectivity index (χ0n) is 11.7. The highest BCUT2D eigenvalue weighted by Crippen LogP contribution is 2.21. The lowest BCUT2D eigenvalue weighted by Crippen LogP contribution is -2.13. The molecule has 0 fully saturated rings. The SMILES string of the molecule is CCOC(=O)COCCCCC1=CCC=C1NOC. The van der Waals surface area contributed by atoms with Gasteiger partial charge in [-0.15, -0.1) is 0 Å². The monoisotopic (exact) mass is 269 g/mol. The maximum atomic E-state index is 11.0. The Kier molecular flexibility index (Phi) is 7.93. The van der Waals surface area contributed by atoms with Crippen molar-refractivity contribution in [3.8, 4) is 0 Å². The molecule has 0 radical (unpaired) electrons. The first-order valence-electron chi connectivity index (χ1n) is 6.69. The summed E-state index contributed by atoms with van der Waals surface area (Å²) in [6.45, 7) is 2.82. The van der Waals surface area contributed by atoms with Gasteiger partial charge in [0.05, 0.1) is 19.4 Å². The van der Waals surface area contributed by atoms with Crippen LogP contribution in [0, 0.1) is 0 Å². The predicted octanol–water partition coefficient (Wildman–Crippen LogP) is 2.10. The van der Waals surface area contributed by atoms with Crippen molar-refractivity contribution in [1.82, 2.24) is 5.48 Å². The Labute approximate surface area is 114 Å². The number of hydrogen-bond acceptors (Lipinski definition) is 5. The van der Waals surface area contributed by atoms with Crippen molar-refractivity contribution in [3.63, 3.8) is 0 Å². The predicted molar refractivity (Wildman–Crippen MR) is 72.2 cm³/mol. The van der Waals surface area contributed by atoms with Crippen LogP contribution in [0.1, 0.15) is 32.6 Å². The Morgan fingerprint density at radius 3 is 2.95 bits per heavy atom. The summed E-state index contributed by atoms with van der Waals surface area (Å²) < 4.78 is 10.0. The summed E-state index contributed by atoms with van der Waals surface area (Å²) in [6.07, 6.45) is 8.21. The fourth-order valence-corrected chi connectivity index (χ4v) is 1.89. The largest absolute Gasteiger partial charge is 0.464 e. The van der Waals surface area contributed by atoms with E-state index in [4.69, 9.17) is 14.3 Å². The molecule has 0 atom stereocenters. The van der Waals surface area contributed by atoms with Crippen LogP contribution in [0.3, 0.4) is 0 Å². The maximum absolute atomic E-state index is 11.0. The van der Waals surface area contributed by atoms with E-state index in [1.165, 1.54) is 5.57 Å². The fourth-order valence-electron chi connectivity index (χ4n) is 1.89. The molecule has 0 saturated heterocycles. The highest BCUT2D eigenvalue weighted by Gasteiger charge is 2.09. The third-order valence-electron chi connectivity index (χ3n) is 2.75. The molecule has 0 aromatic rings. The lowest BCUT2D eigenvalue weighted by atomic mass is 10.1. The number of carbonyl (C=O) groups is 1. The average molecular weight is 269 g/mol. The second-order valence-corrected chi connectivity index (χ2v) is 4.20. The summed E-state index contributed by atoms with van der Waals surface area (Å²) in [5, 5.41) is 0. The first-order valence-corrected chi connectivity index (χ1v) is 6.69. The average Bonchev–Trinajstić information content (AvgIpc) is 2.82. The minimum atomic E-state index is -0.296. The van der Waals surface area contributed by atoms with Crippen molar-refractivity contribution < 1.29 is 19.1 Å². The van der Waals surface area contributed by atoms with Gasteiger partial charge < -0.3 is 9.47 Å². The van der Waals surface area contributed by atoms with Crippen molar-refractivity contribution >= 4 is 5.97 Å². The van der Waals surface area contributed by atoms with Gasteiger partial charge in [-0.05, 0) is 38.2 Å². The van der Waals surface area contributed by atoms with Crippen molar-refractivity contribution in [2.24, 2.45) is 0 Å². The summed E-state index contributed by atoms with van der Waals surface area (Å²) in [4.78, 5) is 15.9. The summed E-state index contributed by atoms with van der Waals surface area (Å²) in [6, 6.07) is 0. The highest BCUT2D eigenvalue weighted by molar-refractivity contribution is 5.70. The molecule has 1 N–H and O–H groups in total. The van der Waals surface area contributed by atoms with Gasteiger partial charge in [-0.3, -0.25) is 10.3 Å². The van der Waals surface area contributed by atoms with E-state index in [1.54, 1.807) is 14.0 Å². The van der Waals surface area contributed by atoms with E-state index >= 15 is 0 Å². The van der Waals surface area contributed by atoms with Crippen LogP contribution >= 0.6 is 0 Å². The Morgan fingerprint density at radius 1 is 1.37 bits per heavy atom. The lowest BCUT2D eigenvalue weighted by Gasteiger charge is -2.09. The van der Waals surface area contributed by atoms with Crippen LogP contribution in [0.25, 0.3) is 0 Å². The van der Waals surface area contributed by atoms with Crippen molar-refractivity contribution in [1.29, 1.82) is 0 Å². The number of hydroxylamine groups is 1. The second kappa shape index (κ2) is 9.58. The zero-order valence-corrected chi connectivity index (χ0v) is 11.7. The van der Waals surface area contributed by atoms with E-state index in [9.17, 15) is 4.79 Å². The van der Waals surface area contributed by atoms with Crippen LogP contribution in [0.5, 0.6) is 0 Å². The number of allylic oxidation sites excluding steroid dienone is 3. The number of unbranched alkanes of at least 4 members (excludes halogenated alkanes) is 1. The molecule has 0 unspecified atom stereocenters. The van der Waals surface area contributed by atoms with E-state index < -0.39 is 0 Å². The number of esters is 1. The standard InChI is InChI=1S/C14H23NO4/c1-3-19-14(16)11-18-10-5-4-7-12-8-6-9-13(12)15-17-2/h8-9,15H,3-7,10-11H2,1-2H3. The van der Waals surface area contributed by atoms with Crippen LogP contribution in [0.2, 0.25) is 0 Å². The van der Waals surface area contributed by atoms with Gasteiger partial charge in [-0.25, -0.2) is 4.79 Å². The minimum absolute atomic E-state index is 0.0485. The van der Waals surface area contributed by atoms with Crippen molar-refractivity contribution in [2.45, 2.75) is 32.6 Å². The van der Waals surface area contributed by atoms with Gasteiger partial charge in [-0.2, -0.15) is 0 Å². The van der Waals surface area contributed by atoms with E-state index in [2.05, 4.69) is 17.6 Å². The van der Waals surface area contributed by atoms with Crippen LogP contribution in [0.4, 0.5) is 0 Å². The van der Waals surface area contributed by atoms with Gasteiger partial charge in [-0.1, -0.05) is 12.2 Å². The summed E-state index contributed by atoms with van der Waals surface area (Å²) in [5.41, 5.74) is 5.23. The topological polar surface area (TPSA) is 56.8 Å². The van der Waals surface area contributed by atoms with Crippen molar-refractivity contribution in [3.05, 3.63) is 23.4 Å². The maximum Gasteiger partial charge on any atom is 0.332 e. The van der Waals surface area contributed by atoms with Gasteiger partial charge in [0.15, 0.2) is 0 Å². The molecule has 1 rings (SSSR count). The Morgan fingerprint density at radius 2 is 2.21 bits per heavy atom. The van der Waals surface area contributed by atoms with Gasteiger partial charge in [0.25, 0.3) is 0 Å². The number of hydrogen-bond donors (Lipinski definition) is 1. The fraction of sp³-hybridized carbons (Fsp3) is 0.643. The normalized spacial score (nSPS) is 14.0. The second-order valence-electron chi connectivity index (χ2n) is 4.20. The third-order valence-corrected chi connectivity index (χ3v) is 2.75. The molecule has 0 aromatic heterocycles. The molecule has 19 heavy (non-hydrogen) atoms. The van der Waals surface area contributed by atoms with E-state index in [0.717, 1.165) is 31.4 Å². The molecule has 0 spiro atoms. The molecule has 1 aliphatic carbocycles. The molecule has 1 aliphatic rings. The van der Waals surface area contributed by atoms with E-state index in [0.29, 0.717) is 13.2 Å². The summed E-state index contributed by atoms with van der Waals surface area (Å²) in [7, 11) is 1.61. The van der Waals surface area contributed by atoms with Gasteiger partial charge in [0.2, 0.25) is 0 Å². The number of ether oxygens (including phenoxy) is 2. The first kappa shape index (κ1) is 15.7. The summed E-state index contributed by atoms with van der Waals surface area (Å²) in [5.74, 6) is -0.296. The Hall–Kier alpha value is -1.33. The summed E-state index contributed by atoms with van der Waals surface area (Å²) >= 11 is 0. The molecule has 0 aliphatic heterocycles. The van der Waals surface area contributed by atoms with Gasteiger partial charge >= 0.3 is 5.97 Å². The van der Waals surface area contributed by atoms with Crippen LogP contribution in [-0.4, -0.2) is 32.9 Å². The minimum Gasteiger partial charge on any atom is -0.464 e. The molecule has 0 heterocycles. The molecule has 108 valence electrons. The number of carbonyl (C=O) groups excluding carboxylic acids is 1. The zero-order chi connectivity index (χ0) is 13.9. The quantitative estimate of drug-likeness (QED) is 0.374. The molecule has 0 bridgehead atoms. The number of nitrogens with one attached hydrogen (secondary N) is 1. The van der Waals surface area contributed by atoms with Crippen LogP contribution in [-0.2, 0) is 19.1 Å². The highest BCUT2D eigenvalue weighted by atomic mass is 16.6. The van der Waals surface area contributed by atoms with E-state index in [1.807, 2.05) is 0 Å². The van der Waals surface area contributed by atoms with Crippen LogP contribution < -0.4 is 5.48 Å². The Balaban J connectivity index is 2.02. The van der Waals surface area contributed by atoms with Gasteiger partial charge in [0, 0.05) is 6.61 Å². The molecule has 0 amide bonds. The molecular formula is C14H23NO4. The smallest absolute Gasteiger partial charge is 0.332 e. The number of rotatable bonds is 10. The van der Waals surface area contributed by atoms with Crippen molar-refractivity contribution in [2.75, 3.05) is 26.9 Å². The molecule has 0 aromatic carbocycles. The molecular weight excluding hydrogens is 246 g/mol. The molecule has 5 heteroatoms. The molecule has 0 saturated carbocycles. The third kappa shape index (κ3) is 6.40. The molecule has 5 nitrogen and oxygen atoms in total. The Bertz CT molecular complexity index is 336. The van der Waals surface area contributed by atoms with E-state index in [-0.39, 0.29) is 12.6 Å². The lowest BCUT2D eigenvalue weighted by molar-refractivity contribution is -0.148.